The zero-order valence-electron chi connectivity index (χ0n) is 14.0. The molecular weight excluding hydrogens is 394 g/mol. The third kappa shape index (κ3) is 6.47. The van der Waals surface area contributed by atoms with Gasteiger partial charge in [0.25, 0.3) is 0 Å². The van der Waals surface area contributed by atoms with Gasteiger partial charge in [0.05, 0.1) is 0 Å². The number of hydrogen-bond acceptors (Lipinski definition) is 0. The summed E-state index contributed by atoms with van der Waals surface area (Å²) in [6, 6.07) is 0. The van der Waals surface area contributed by atoms with E-state index in [9.17, 15) is 0 Å². The molecule has 1 aliphatic heterocycles. The summed E-state index contributed by atoms with van der Waals surface area (Å²) in [7, 11) is -3.46. The average Bonchev–Trinajstić information content (AvgIpc) is 2.30. The van der Waals surface area contributed by atoms with Gasteiger partial charge in [-0.1, -0.05) is 0 Å². The van der Waals surface area contributed by atoms with Crippen LogP contribution >= 0.6 is 0 Å². The quantitative estimate of drug-likeness (QED) is 0.419. The Morgan fingerprint density at radius 1 is 0.500 bits per heavy atom. The van der Waals surface area contributed by atoms with E-state index in [0.717, 1.165) is 0 Å². The maximum absolute atomic E-state index is 3.55. The first-order valence-corrected chi connectivity index (χ1v) is 25.6. The van der Waals surface area contributed by atoms with Gasteiger partial charge in [0.15, 0.2) is 0 Å². The van der Waals surface area contributed by atoms with Crippen LogP contribution < -0.4 is 0 Å². The first-order valence-electron chi connectivity index (χ1n) is 7.00. The van der Waals surface area contributed by atoms with Gasteiger partial charge in [-0.15, -0.1) is 0 Å². The van der Waals surface area contributed by atoms with Crippen LogP contribution in [0.3, 0.4) is 0 Å². The van der Waals surface area contributed by atoms with E-state index < -0.39 is 42.7 Å². The second kappa shape index (κ2) is 5.87. The molecule has 1 aliphatic rings. The van der Waals surface area contributed by atoms with Crippen LogP contribution in [-0.4, -0.2) is 42.7 Å². The molecule has 1 heterocycles. The van der Waals surface area contributed by atoms with Crippen molar-refractivity contribution in [3.63, 3.8) is 0 Å². The van der Waals surface area contributed by atoms with Crippen LogP contribution in [0.15, 0.2) is 0 Å². The van der Waals surface area contributed by atoms with E-state index in [-0.39, 0.29) is 0 Å². The summed E-state index contributed by atoms with van der Waals surface area (Å²) in [6.45, 7) is 8.98. The fourth-order valence-corrected chi connectivity index (χ4v) is 20.0. The van der Waals surface area contributed by atoms with E-state index in [1.165, 1.54) is 0 Å². The Morgan fingerprint density at radius 3 is 0.900 bits per heavy atom. The second-order valence-corrected chi connectivity index (χ2v) is 30.7. The van der Waals surface area contributed by atoms with Gasteiger partial charge in [0.1, 0.15) is 0 Å². The van der Waals surface area contributed by atoms with Crippen molar-refractivity contribution in [3.8, 4) is 41.2 Å². The molecule has 0 amide bonds. The molecule has 0 aromatic heterocycles. The molecule has 0 saturated heterocycles. The van der Waals surface area contributed by atoms with E-state index >= 15 is 0 Å². The van der Waals surface area contributed by atoms with Gasteiger partial charge in [0.2, 0.25) is 0 Å². The molecule has 0 atom stereocenters. The summed E-state index contributed by atoms with van der Waals surface area (Å²) in [5.41, 5.74) is 14.1. The Kier molecular flexibility index (Phi) is 5.22. The molecule has 0 nitrogen and oxygen atoms in total. The van der Waals surface area contributed by atoms with Crippen LogP contribution in [0.1, 0.15) is 0 Å². The molecule has 104 valence electrons. The maximum atomic E-state index is 3.55. The third-order valence-electron chi connectivity index (χ3n) is 2.75. The normalized spacial score (nSPS) is 23.6. The fourth-order valence-electron chi connectivity index (χ4n) is 1.38. The molecule has 0 saturated carbocycles. The van der Waals surface area contributed by atoms with Crippen molar-refractivity contribution in [1.29, 1.82) is 0 Å². The zero-order valence-corrected chi connectivity index (χ0v) is 20.2. The van der Waals surface area contributed by atoms with Crippen molar-refractivity contribution in [2.75, 3.05) is 0 Å². The van der Waals surface area contributed by atoms with Crippen LogP contribution in [0.4, 0.5) is 0 Å². The molecule has 4 heteroatoms. The first-order chi connectivity index (χ1) is 8.83. The van der Waals surface area contributed by atoms with Gasteiger partial charge in [-0.2, -0.15) is 0 Å². The van der Waals surface area contributed by atoms with Crippen molar-refractivity contribution in [3.05, 3.63) is 0 Å². The number of hydrogen-bond donors (Lipinski definition) is 0. The van der Waals surface area contributed by atoms with Crippen LogP contribution in [0.2, 0.25) is 49.2 Å². The predicted octanol–water partition coefficient (Wildman–Crippen LogP) is 3.16. The predicted molar refractivity (Wildman–Crippen MR) is 101 cm³/mol. The minimum atomic E-state index is -2.28. The van der Waals surface area contributed by atoms with Crippen LogP contribution in [0, 0.1) is 41.2 Å². The molecule has 20 heavy (non-hydrogen) atoms. The molecule has 0 N–H and O–H groups in total. The van der Waals surface area contributed by atoms with Crippen molar-refractivity contribution in [2.45, 2.75) is 49.2 Å². The molecule has 0 fully saturated rings. The van der Waals surface area contributed by atoms with Gasteiger partial charge >= 0.3 is 133 Å². The Morgan fingerprint density at radius 2 is 0.700 bits per heavy atom. The van der Waals surface area contributed by atoms with Crippen molar-refractivity contribution in [1.82, 2.24) is 0 Å². The molecule has 0 aliphatic carbocycles. The molecule has 0 bridgehead atoms. The summed E-state index contributed by atoms with van der Waals surface area (Å²) in [4.78, 5) is 0. The molecular formula is C16H24Ge2Si2. The van der Waals surface area contributed by atoms with Gasteiger partial charge in [-0.3, -0.25) is 0 Å². The summed E-state index contributed by atoms with van der Waals surface area (Å²) < 4.78 is 14.2. The topological polar surface area (TPSA) is 0 Å². The Labute approximate surface area is 132 Å². The number of rotatable bonds is 0. The van der Waals surface area contributed by atoms with Gasteiger partial charge in [-0.25, -0.2) is 0 Å². The summed E-state index contributed by atoms with van der Waals surface area (Å²) in [6.07, 6.45) is 0. The van der Waals surface area contributed by atoms with E-state index in [1.807, 2.05) is 0 Å². The molecule has 0 aromatic carbocycles. The van der Waals surface area contributed by atoms with Crippen molar-refractivity contribution in [2.24, 2.45) is 0 Å². The fraction of sp³-hybridized carbons (Fsp3) is 0.500. The van der Waals surface area contributed by atoms with E-state index in [1.54, 1.807) is 0 Å². The van der Waals surface area contributed by atoms with E-state index in [2.05, 4.69) is 90.4 Å². The molecule has 0 radical (unpaired) electrons. The molecule has 1 rings (SSSR count). The van der Waals surface area contributed by atoms with Gasteiger partial charge < -0.3 is 0 Å². The minimum absolute atomic E-state index is 1.73. The van der Waals surface area contributed by atoms with Crippen LogP contribution in [0.5, 0.6) is 0 Å². The molecule has 0 spiro atoms. The zero-order chi connectivity index (χ0) is 15.7. The van der Waals surface area contributed by atoms with Crippen molar-refractivity contribution >= 4 is 42.7 Å². The summed E-state index contributed by atoms with van der Waals surface area (Å²) in [5.74, 6) is 9.12. The van der Waals surface area contributed by atoms with Crippen molar-refractivity contribution < 1.29 is 0 Å². The van der Waals surface area contributed by atoms with Crippen LogP contribution in [-0.2, 0) is 0 Å². The first kappa shape index (κ1) is 17.8. The third-order valence-corrected chi connectivity index (χ3v) is 14.1. The Balaban J connectivity index is 3.46. The van der Waals surface area contributed by atoms with Gasteiger partial charge in [-0.05, 0) is 0 Å². The molecule has 0 unspecified atom stereocenters. The molecule has 0 aromatic rings. The van der Waals surface area contributed by atoms with Crippen LogP contribution in [0.25, 0.3) is 0 Å². The van der Waals surface area contributed by atoms with E-state index in [4.69, 9.17) is 0 Å². The second-order valence-electron chi connectivity index (χ2n) is 7.50. The Bertz CT molecular complexity index is 494. The SMILES string of the molecule is C[Si]1(C)C#[C][Ge]([CH3])([CH3])[C]#C[Si](C)(C)C#[C][Ge]([CH3])([CH3])[C]#C1. The monoisotopic (exact) mass is 420 g/mol. The standard InChI is InChI=1S/C16H24Ge2Si2/c1-17(2)9-13-19(5,6)15-11-18(3,4)12-16-20(7,8)14-10-17/h1-8H3. The summed E-state index contributed by atoms with van der Waals surface area (Å²) in [5, 5.41) is 0. The van der Waals surface area contributed by atoms with E-state index in [0.29, 0.717) is 0 Å². The summed E-state index contributed by atoms with van der Waals surface area (Å²) >= 11 is -4.55. The Hall–Kier alpha value is -0.241. The average molecular weight is 418 g/mol. The van der Waals surface area contributed by atoms with Gasteiger partial charge in [0, 0.05) is 0 Å².